The first-order valence-electron chi connectivity index (χ1n) is 7.44. The van der Waals surface area contributed by atoms with Crippen LogP contribution >= 0.6 is 11.8 Å². The van der Waals surface area contributed by atoms with Crippen molar-refractivity contribution < 1.29 is 17.1 Å². The summed E-state index contributed by atoms with van der Waals surface area (Å²) in [7, 11) is 1.89. The van der Waals surface area contributed by atoms with Crippen LogP contribution < -0.4 is 10.9 Å². The Morgan fingerprint density at radius 2 is 1.92 bits per heavy atom. The SMILES string of the molecule is CCN=C([S-])N/N=C(/C(C)=N/NC(=NCC)SC)c1cn(C)cn1.[Cu+]. The van der Waals surface area contributed by atoms with Crippen LogP contribution in [0.15, 0.2) is 32.7 Å². The van der Waals surface area contributed by atoms with Gasteiger partial charge in [-0.1, -0.05) is 11.8 Å². The van der Waals surface area contributed by atoms with Crippen molar-refractivity contribution in [3.05, 3.63) is 18.2 Å². The molecule has 0 bridgehead atoms. The quantitative estimate of drug-likeness (QED) is 0.233. The van der Waals surface area contributed by atoms with Gasteiger partial charge in [-0.15, -0.1) is 0 Å². The first-order chi connectivity index (χ1) is 11.5. The minimum atomic E-state index is 0. The molecule has 8 nitrogen and oxygen atoms in total. The first kappa shape index (κ1) is 23.6. The number of amidine groups is 2. The molecule has 0 saturated heterocycles. The summed E-state index contributed by atoms with van der Waals surface area (Å²) >= 11 is 6.58. The summed E-state index contributed by atoms with van der Waals surface area (Å²) in [6.07, 6.45) is 5.49. The molecule has 1 heterocycles. The number of nitrogens with one attached hydrogen (secondary N) is 2. The van der Waals surface area contributed by atoms with E-state index in [0.717, 1.165) is 5.17 Å². The van der Waals surface area contributed by atoms with E-state index in [0.29, 0.717) is 35.4 Å². The molecule has 0 aromatic carbocycles. The molecule has 11 heteroatoms. The largest absolute Gasteiger partial charge is 1.00 e. The average Bonchev–Trinajstić information content (AvgIpc) is 2.98. The number of aryl methyl sites for hydroxylation is 1. The number of hydrazone groups is 2. The molecule has 2 N–H and O–H groups in total. The summed E-state index contributed by atoms with van der Waals surface area (Å²) in [5, 5.41) is 9.72. The van der Waals surface area contributed by atoms with E-state index in [9.17, 15) is 0 Å². The summed E-state index contributed by atoms with van der Waals surface area (Å²) < 4.78 is 1.84. The van der Waals surface area contributed by atoms with Gasteiger partial charge < -0.3 is 17.2 Å². The van der Waals surface area contributed by atoms with Crippen molar-refractivity contribution in [3.8, 4) is 0 Å². The van der Waals surface area contributed by atoms with Crippen molar-refractivity contribution in [2.75, 3.05) is 19.3 Å². The van der Waals surface area contributed by atoms with Gasteiger partial charge in [0.05, 0.1) is 12.0 Å². The molecule has 1 rings (SSSR count). The zero-order valence-electron chi connectivity index (χ0n) is 14.9. The Morgan fingerprint density at radius 3 is 2.44 bits per heavy atom. The number of nitrogens with zero attached hydrogens (tertiary/aromatic N) is 6. The van der Waals surface area contributed by atoms with E-state index in [-0.39, 0.29) is 17.1 Å². The summed E-state index contributed by atoms with van der Waals surface area (Å²) in [4.78, 5) is 12.7. The Morgan fingerprint density at radius 1 is 1.24 bits per heavy atom. The zero-order valence-corrected chi connectivity index (χ0v) is 17.4. The third-order valence-corrected chi connectivity index (χ3v) is 3.50. The Bertz CT molecular complexity index is 651. The number of rotatable bonds is 6. The molecular weight excluding hydrogens is 408 g/mol. The molecule has 0 aliphatic carbocycles. The van der Waals surface area contributed by atoms with Gasteiger partial charge in [0.15, 0.2) is 5.17 Å². The van der Waals surface area contributed by atoms with Gasteiger partial charge in [-0.25, -0.2) is 4.98 Å². The molecule has 0 aliphatic heterocycles. The van der Waals surface area contributed by atoms with E-state index in [1.54, 1.807) is 6.33 Å². The predicted molar refractivity (Wildman–Crippen MR) is 106 cm³/mol. The van der Waals surface area contributed by atoms with E-state index in [2.05, 4.69) is 36.0 Å². The zero-order chi connectivity index (χ0) is 17.9. The van der Waals surface area contributed by atoms with E-state index >= 15 is 0 Å². The molecule has 142 valence electrons. The van der Waals surface area contributed by atoms with Crippen LogP contribution in [-0.4, -0.2) is 50.7 Å². The molecule has 25 heavy (non-hydrogen) atoms. The van der Waals surface area contributed by atoms with Crippen molar-refractivity contribution >= 4 is 46.1 Å². The monoisotopic (exact) mass is 430 g/mol. The van der Waals surface area contributed by atoms with E-state index in [1.165, 1.54) is 11.8 Å². The smallest absolute Gasteiger partial charge is 0.741 e. The molecule has 0 fully saturated rings. The molecular formula is C14H23CuN8S2. The minimum absolute atomic E-state index is 0. The van der Waals surface area contributed by atoms with Gasteiger partial charge in [0, 0.05) is 26.3 Å². The van der Waals surface area contributed by atoms with E-state index < -0.39 is 0 Å². The second-order valence-electron chi connectivity index (χ2n) is 4.57. The van der Waals surface area contributed by atoms with Crippen LogP contribution in [0.5, 0.6) is 0 Å². The fraction of sp³-hybridized carbons (Fsp3) is 0.500. The third-order valence-electron chi connectivity index (χ3n) is 2.67. The van der Waals surface area contributed by atoms with Crippen LogP contribution in [0.1, 0.15) is 26.5 Å². The van der Waals surface area contributed by atoms with Crippen molar-refractivity contribution in [3.63, 3.8) is 0 Å². The summed E-state index contributed by atoms with van der Waals surface area (Å²) in [6.45, 7) is 7.00. The van der Waals surface area contributed by atoms with Crippen LogP contribution in [0.3, 0.4) is 0 Å². The standard InChI is InChI=1S/C14H24N8S2.Cu/c1-6-15-13(23)20-19-12(11-8-22(4)9-17-11)10(3)18-21-14(24-5)16-7-2;/h8-9H,6-7H2,1-5H3,(H,16,21)(H2,15,20,23);/q;+1/p-1/b18-10+,19-12-;. The molecule has 0 radical (unpaired) electrons. The minimum Gasteiger partial charge on any atom is -0.741 e. The van der Waals surface area contributed by atoms with Gasteiger partial charge in [-0.2, -0.15) is 10.2 Å². The van der Waals surface area contributed by atoms with Crippen molar-refractivity contribution in [2.24, 2.45) is 27.2 Å². The van der Waals surface area contributed by atoms with Crippen LogP contribution in [0.2, 0.25) is 0 Å². The Hall–Kier alpha value is -1.42. The number of imidazole rings is 1. The van der Waals surface area contributed by atoms with Crippen LogP contribution in [0.4, 0.5) is 0 Å². The second-order valence-corrected chi connectivity index (χ2v) is 5.75. The third kappa shape index (κ3) is 8.48. The number of thioether (sulfide) groups is 1. The van der Waals surface area contributed by atoms with Crippen LogP contribution in [0.25, 0.3) is 0 Å². The molecule has 0 spiro atoms. The molecule has 0 aliphatic rings. The van der Waals surface area contributed by atoms with Crippen molar-refractivity contribution in [1.82, 2.24) is 20.4 Å². The van der Waals surface area contributed by atoms with Crippen molar-refractivity contribution in [2.45, 2.75) is 20.8 Å². The van der Waals surface area contributed by atoms with Gasteiger partial charge in [0.25, 0.3) is 0 Å². The maximum Gasteiger partial charge on any atom is 1.00 e. The second kappa shape index (κ2) is 12.9. The first-order valence-corrected chi connectivity index (χ1v) is 9.07. The Kier molecular flexibility index (Phi) is 12.1. The van der Waals surface area contributed by atoms with Gasteiger partial charge in [0.2, 0.25) is 0 Å². The molecule has 0 atom stereocenters. The number of aliphatic imine (C=N–C) groups is 2. The number of hydrogen-bond donors (Lipinski definition) is 2. The summed E-state index contributed by atoms with van der Waals surface area (Å²) in [6, 6.07) is 0. The Labute approximate surface area is 169 Å². The summed E-state index contributed by atoms with van der Waals surface area (Å²) in [5.74, 6) is 0. The fourth-order valence-electron chi connectivity index (χ4n) is 1.62. The molecule has 0 unspecified atom stereocenters. The van der Waals surface area contributed by atoms with Gasteiger partial charge >= 0.3 is 17.1 Å². The van der Waals surface area contributed by atoms with E-state index in [4.69, 9.17) is 12.6 Å². The number of aromatic nitrogens is 2. The predicted octanol–water partition coefficient (Wildman–Crippen LogP) is 1.34. The van der Waals surface area contributed by atoms with Crippen LogP contribution in [-0.2, 0) is 36.7 Å². The maximum absolute atomic E-state index is 5.08. The summed E-state index contributed by atoms with van der Waals surface area (Å²) in [5.41, 5.74) is 7.61. The molecule has 0 saturated carbocycles. The fourth-order valence-corrected chi connectivity index (χ4v) is 2.18. The van der Waals surface area contributed by atoms with E-state index in [1.807, 2.05) is 44.8 Å². The Balaban J connectivity index is 0.00000576. The molecule has 1 aromatic rings. The topological polar surface area (TPSA) is 91.3 Å². The maximum atomic E-state index is 5.08. The van der Waals surface area contributed by atoms with Gasteiger partial charge in [0.1, 0.15) is 11.4 Å². The van der Waals surface area contributed by atoms with Crippen LogP contribution in [0, 0.1) is 0 Å². The average molecular weight is 431 g/mol. The van der Waals surface area contributed by atoms with Gasteiger partial charge in [-0.3, -0.25) is 20.8 Å². The molecule has 0 amide bonds. The van der Waals surface area contributed by atoms with Crippen molar-refractivity contribution in [1.29, 1.82) is 0 Å². The normalized spacial score (nSPS) is 13.5. The number of hydrogen-bond acceptors (Lipinski definition) is 7. The van der Waals surface area contributed by atoms with Gasteiger partial charge in [-0.05, 0) is 32.2 Å². The molecule has 1 aromatic heterocycles.